The molecule has 120 valence electrons. The van der Waals surface area contributed by atoms with E-state index >= 15 is 0 Å². The van der Waals surface area contributed by atoms with Gasteiger partial charge < -0.3 is 5.32 Å². The van der Waals surface area contributed by atoms with Gasteiger partial charge in [-0.1, -0.05) is 6.07 Å². The Kier molecular flexibility index (Phi) is 3.99. The SMILES string of the molecule is CN(C)S(C)(=O)=NC(=O)Nc1c2c(cc3c1CCC3)CCC2. The van der Waals surface area contributed by atoms with Gasteiger partial charge in [-0.2, -0.15) is 0 Å². The molecule has 22 heavy (non-hydrogen) atoms. The van der Waals surface area contributed by atoms with Crippen LogP contribution in [0.25, 0.3) is 0 Å². The van der Waals surface area contributed by atoms with E-state index in [0.29, 0.717) is 0 Å². The second kappa shape index (κ2) is 5.66. The van der Waals surface area contributed by atoms with Gasteiger partial charge in [0.2, 0.25) is 0 Å². The third-order valence-corrected chi connectivity index (χ3v) is 6.49. The van der Waals surface area contributed by atoms with Crippen LogP contribution in [0.1, 0.15) is 35.1 Å². The van der Waals surface area contributed by atoms with Crippen LogP contribution in [0.3, 0.4) is 0 Å². The van der Waals surface area contributed by atoms with E-state index in [-0.39, 0.29) is 0 Å². The molecule has 0 heterocycles. The number of anilines is 1. The fourth-order valence-corrected chi connectivity index (χ4v) is 3.85. The average Bonchev–Trinajstić information content (AvgIpc) is 3.05. The lowest BCUT2D eigenvalue weighted by molar-refractivity contribution is 0.259. The minimum Gasteiger partial charge on any atom is -0.305 e. The number of amides is 2. The van der Waals surface area contributed by atoms with Crippen LogP contribution in [-0.4, -0.2) is 34.9 Å². The van der Waals surface area contributed by atoms with Gasteiger partial charge in [0.1, 0.15) is 9.92 Å². The molecule has 1 atom stereocenters. The molecule has 0 fully saturated rings. The number of rotatable bonds is 2. The highest BCUT2D eigenvalue weighted by atomic mass is 32.2. The zero-order valence-electron chi connectivity index (χ0n) is 13.4. The van der Waals surface area contributed by atoms with E-state index < -0.39 is 15.9 Å². The quantitative estimate of drug-likeness (QED) is 0.910. The van der Waals surface area contributed by atoms with Crippen LogP contribution in [-0.2, 0) is 35.6 Å². The van der Waals surface area contributed by atoms with Gasteiger partial charge in [-0.25, -0.2) is 13.3 Å². The van der Waals surface area contributed by atoms with Crippen LogP contribution in [0, 0.1) is 0 Å². The highest BCUT2D eigenvalue weighted by Crippen LogP contribution is 2.38. The summed E-state index contributed by atoms with van der Waals surface area (Å²) >= 11 is 0. The summed E-state index contributed by atoms with van der Waals surface area (Å²) in [6, 6.07) is 1.82. The van der Waals surface area contributed by atoms with Gasteiger partial charge in [0, 0.05) is 26.0 Å². The number of nitrogens with one attached hydrogen (secondary N) is 1. The summed E-state index contributed by atoms with van der Waals surface area (Å²) in [6.07, 6.45) is 7.95. The van der Waals surface area contributed by atoms with Gasteiger partial charge in [0.25, 0.3) is 0 Å². The molecule has 2 aliphatic carbocycles. The molecule has 1 N–H and O–H groups in total. The Labute approximate surface area is 132 Å². The number of nitrogens with zero attached hydrogens (tertiary/aromatic N) is 2. The Morgan fingerprint density at radius 3 is 2.18 bits per heavy atom. The molecular formula is C16H23N3O2S. The molecule has 0 bridgehead atoms. The standard InChI is InChI=1S/C16H23N3O2S/c1-19(2)22(3,21)18-16(20)17-15-13-8-4-6-11(13)10-12-7-5-9-14(12)15/h10H,4-9H2,1-3H3,(H,17,20). The van der Waals surface area contributed by atoms with Gasteiger partial charge in [-0.3, -0.25) is 0 Å². The summed E-state index contributed by atoms with van der Waals surface area (Å²) < 4.78 is 17.6. The first-order valence-corrected chi connectivity index (χ1v) is 9.63. The minimum absolute atomic E-state index is 0.504. The predicted octanol–water partition coefficient (Wildman–Crippen LogP) is 2.77. The maximum Gasteiger partial charge on any atom is 0.354 e. The molecule has 1 aromatic rings. The predicted molar refractivity (Wildman–Crippen MR) is 89.7 cm³/mol. The molecule has 0 radical (unpaired) electrons. The molecule has 0 saturated heterocycles. The Morgan fingerprint density at radius 1 is 1.14 bits per heavy atom. The van der Waals surface area contributed by atoms with Crippen LogP contribution in [0.4, 0.5) is 10.5 Å². The number of hydrogen-bond donors (Lipinski definition) is 1. The van der Waals surface area contributed by atoms with Gasteiger partial charge in [-0.05, 0) is 60.8 Å². The fraction of sp³-hybridized carbons (Fsp3) is 0.562. The van der Waals surface area contributed by atoms with Crippen molar-refractivity contribution in [3.8, 4) is 0 Å². The number of benzene rings is 1. The van der Waals surface area contributed by atoms with E-state index in [2.05, 4.69) is 15.7 Å². The Morgan fingerprint density at radius 2 is 1.68 bits per heavy atom. The van der Waals surface area contributed by atoms with Crippen molar-refractivity contribution < 1.29 is 9.00 Å². The molecule has 0 aliphatic heterocycles. The molecule has 6 heteroatoms. The Balaban J connectivity index is 1.97. The summed E-state index contributed by atoms with van der Waals surface area (Å²) in [5.41, 5.74) is 6.19. The molecule has 5 nitrogen and oxygen atoms in total. The highest BCUT2D eigenvalue weighted by Gasteiger charge is 2.25. The lowest BCUT2D eigenvalue weighted by Crippen LogP contribution is -2.23. The van der Waals surface area contributed by atoms with Gasteiger partial charge in [-0.15, -0.1) is 4.36 Å². The third-order valence-electron chi connectivity index (χ3n) is 4.63. The fourth-order valence-electron chi connectivity index (χ4n) is 3.33. The number of hydrogen-bond acceptors (Lipinski definition) is 2. The molecule has 2 amide bonds. The molecule has 2 aliphatic rings. The summed E-state index contributed by atoms with van der Waals surface area (Å²) in [7, 11) is 0.678. The topological polar surface area (TPSA) is 61.8 Å². The van der Waals surface area contributed by atoms with Crippen molar-refractivity contribution in [2.75, 3.05) is 25.7 Å². The third kappa shape index (κ3) is 2.77. The zero-order valence-corrected chi connectivity index (χ0v) is 14.3. The van der Waals surface area contributed by atoms with E-state index in [9.17, 15) is 9.00 Å². The van der Waals surface area contributed by atoms with Crippen LogP contribution in [0.2, 0.25) is 0 Å². The molecule has 3 rings (SSSR count). The van der Waals surface area contributed by atoms with Crippen molar-refractivity contribution in [1.82, 2.24) is 4.31 Å². The molecule has 0 saturated carbocycles. The Hall–Kier alpha value is -1.40. The van der Waals surface area contributed by atoms with Crippen LogP contribution in [0.15, 0.2) is 10.4 Å². The normalized spacial score (nSPS) is 18.7. The average molecular weight is 321 g/mol. The minimum atomic E-state index is -2.65. The largest absolute Gasteiger partial charge is 0.354 e. The maximum absolute atomic E-state index is 12.3. The van der Waals surface area contributed by atoms with Crippen molar-refractivity contribution in [3.63, 3.8) is 0 Å². The monoisotopic (exact) mass is 321 g/mol. The summed E-state index contributed by atoms with van der Waals surface area (Å²) in [5.74, 6) is 0. The number of aryl methyl sites for hydroxylation is 2. The van der Waals surface area contributed by atoms with E-state index in [0.717, 1.165) is 44.2 Å². The molecule has 0 spiro atoms. The number of fused-ring (bicyclic) bond motifs is 2. The van der Waals surface area contributed by atoms with E-state index in [1.165, 1.54) is 32.8 Å². The molecule has 1 unspecified atom stereocenters. The second-order valence-corrected chi connectivity index (χ2v) is 8.77. The Bertz CT molecular complexity index is 714. The number of carbonyl (C=O) groups is 1. The zero-order chi connectivity index (χ0) is 15.9. The summed E-state index contributed by atoms with van der Waals surface area (Å²) in [4.78, 5) is 12.2. The summed E-state index contributed by atoms with van der Waals surface area (Å²) in [6.45, 7) is 0. The second-order valence-electron chi connectivity index (χ2n) is 6.33. The van der Waals surface area contributed by atoms with Gasteiger partial charge in [0.05, 0.1) is 0 Å². The number of urea groups is 1. The first kappa shape index (κ1) is 15.5. The van der Waals surface area contributed by atoms with Crippen LogP contribution < -0.4 is 5.32 Å². The van der Waals surface area contributed by atoms with Crippen molar-refractivity contribution >= 4 is 21.6 Å². The van der Waals surface area contributed by atoms with Gasteiger partial charge in [0.15, 0.2) is 0 Å². The lowest BCUT2D eigenvalue weighted by atomic mass is 9.99. The van der Waals surface area contributed by atoms with Crippen LogP contribution in [0.5, 0.6) is 0 Å². The van der Waals surface area contributed by atoms with E-state index in [1.807, 2.05) is 0 Å². The van der Waals surface area contributed by atoms with Crippen molar-refractivity contribution in [2.24, 2.45) is 4.36 Å². The van der Waals surface area contributed by atoms with Crippen molar-refractivity contribution in [1.29, 1.82) is 0 Å². The van der Waals surface area contributed by atoms with E-state index in [1.54, 1.807) is 14.1 Å². The van der Waals surface area contributed by atoms with Crippen molar-refractivity contribution in [2.45, 2.75) is 38.5 Å². The molecule has 0 aromatic heterocycles. The molecule has 1 aromatic carbocycles. The smallest absolute Gasteiger partial charge is 0.305 e. The van der Waals surface area contributed by atoms with Gasteiger partial charge >= 0.3 is 6.03 Å². The first-order chi connectivity index (χ1) is 10.4. The van der Waals surface area contributed by atoms with E-state index in [4.69, 9.17) is 0 Å². The summed E-state index contributed by atoms with van der Waals surface area (Å²) in [5, 5.41) is 2.94. The maximum atomic E-state index is 12.3. The lowest BCUT2D eigenvalue weighted by Gasteiger charge is -2.16. The van der Waals surface area contributed by atoms with Crippen LogP contribution >= 0.6 is 0 Å². The first-order valence-electron chi connectivity index (χ1n) is 7.75. The van der Waals surface area contributed by atoms with Crippen molar-refractivity contribution in [3.05, 3.63) is 28.3 Å². The number of carbonyl (C=O) groups excluding carboxylic acids is 1. The molecular weight excluding hydrogens is 298 g/mol. The highest BCUT2D eigenvalue weighted by molar-refractivity contribution is 7.90.